The number of benzene rings is 1. The molecule has 2 N–H and O–H groups in total. The molecule has 2 aromatic rings. The third kappa shape index (κ3) is 1.61. The highest BCUT2D eigenvalue weighted by Gasteiger charge is 2.42. The van der Waals surface area contributed by atoms with Crippen molar-refractivity contribution < 1.29 is 13.2 Å². The van der Waals surface area contributed by atoms with Gasteiger partial charge in [-0.1, -0.05) is 6.07 Å². The molecule has 0 amide bonds. The van der Waals surface area contributed by atoms with Crippen LogP contribution in [0.15, 0.2) is 24.3 Å². The molecular formula is C13H13F3N2. The van der Waals surface area contributed by atoms with Gasteiger partial charge in [-0.2, -0.15) is 13.2 Å². The van der Waals surface area contributed by atoms with Gasteiger partial charge >= 0.3 is 6.18 Å². The predicted octanol–water partition coefficient (Wildman–Crippen LogP) is 3.14. The minimum Gasteiger partial charge on any atom is -0.346 e. The van der Waals surface area contributed by atoms with Gasteiger partial charge in [0.1, 0.15) is 0 Å². The molecule has 18 heavy (non-hydrogen) atoms. The molecule has 0 atom stereocenters. The van der Waals surface area contributed by atoms with E-state index in [1.165, 1.54) is 12.1 Å². The highest BCUT2D eigenvalue weighted by atomic mass is 19.4. The molecule has 0 aliphatic heterocycles. The first-order chi connectivity index (χ1) is 8.31. The summed E-state index contributed by atoms with van der Waals surface area (Å²) in [6.45, 7) is 0. The Labute approximate surface area is 102 Å². The van der Waals surface area contributed by atoms with Crippen LogP contribution in [0.1, 0.15) is 24.1 Å². The van der Waals surface area contributed by atoms with Gasteiger partial charge in [0.05, 0.1) is 11.1 Å². The number of hydrogen-bond donors (Lipinski definition) is 1. The topological polar surface area (TPSA) is 30.9 Å². The van der Waals surface area contributed by atoms with Crippen molar-refractivity contribution in [3.63, 3.8) is 0 Å². The Balaban J connectivity index is 2.20. The molecule has 1 saturated carbocycles. The second-order valence-electron chi connectivity index (χ2n) is 5.02. The van der Waals surface area contributed by atoms with Crippen LogP contribution >= 0.6 is 0 Å². The van der Waals surface area contributed by atoms with E-state index in [9.17, 15) is 13.2 Å². The molecule has 0 saturated heterocycles. The summed E-state index contributed by atoms with van der Waals surface area (Å²) in [5.74, 6) is 0. The fraction of sp³-hybridized carbons (Fsp3) is 0.385. The van der Waals surface area contributed by atoms with Crippen molar-refractivity contribution in [1.82, 2.24) is 4.57 Å². The molecule has 1 heterocycles. The number of aromatic nitrogens is 1. The van der Waals surface area contributed by atoms with Crippen LogP contribution in [0.3, 0.4) is 0 Å². The number of hydrogen-bond acceptors (Lipinski definition) is 1. The Morgan fingerprint density at radius 1 is 1.22 bits per heavy atom. The lowest BCUT2D eigenvalue weighted by Gasteiger charge is -2.11. The zero-order valence-corrected chi connectivity index (χ0v) is 9.88. The average molecular weight is 254 g/mol. The van der Waals surface area contributed by atoms with Crippen molar-refractivity contribution in [2.75, 3.05) is 0 Å². The average Bonchev–Trinajstić information content (AvgIpc) is 2.93. The van der Waals surface area contributed by atoms with E-state index in [1.807, 2.05) is 6.07 Å². The minimum atomic E-state index is -4.31. The third-order valence-corrected chi connectivity index (χ3v) is 3.67. The van der Waals surface area contributed by atoms with Gasteiger partial charge in [-0.3, -0.25) is 0 Å². The van der Waals surface area contributed by atoms with Gasteiger partial charge in [0.15, 0.2) is 0 Å². The van der Waals surface area contributed by atoms with Crippen LogP contribution in [-0.4, -0.2) is 4.57 Å². The largest absolute Gasteiger partial charge is 0.416 e. The number of nitrogens with two attached hydrogens (primary N) is 1. The fourth-order valence-electron chi connectivity index (χ4n) is 2.37. The fourth-order valence-corrected chi connectivity index (χ4v) is 2.37. The van der Waals surface area contributed by atoms with Crippen LogP contribution in [-0.2, 0) is 18.8 Å². The number of aryl methyl sites for hydroxylation is 1. The number of nitrogens with zero attached hydrogens (tertiary/aromatic N) is 1. The Bertz CT molecular complexity index is 621. The van der Waals surface area contributed by atoms with Crippen LogP contribution in [0, 0.1) is 0 Å². The van der Waals surface area contributed by atoms with Gasteiger partial charge in [0.25, 0.3) is 0 Å². The molecule has 1 aromatic heterocycles. The van der Waals surface area contributed by atoms with Crippen LogP contribution in [0.5, 0.6) is 0 Å². The van der Waals surface area contributed by atoms with Crippen molar-refractivity contribution in [3.8, 4) is 0 Å². The van der Waals surface area contributed by atoms with Crippen molar-refractivity contribution in [3.05, 3.63) is 35.5 Å². The summed E-state index contributed by atoms with van der Waals surface area (Å²) < 4.78 is 39.8. The second-order valence-corrected chi connectivity index (χ2v) is 5.02. The maximum atomic E-state index is 12.7. The monoisotopic (exact) mass is 254 g/mol. The lowest BCUT2D eigenvalue weighted by Crippen LogP contribution is -2.21. The van der Waals surface area contributed by atoms with Gasteiger partial charge in [-0.25, -0.2) is 0 Å². The first-order valence-electron chi connectivity index (χ1n) is 5.77. The lowest BCUT2D eigenvalue weighted by atomic mass is 10.1. The van der Waals surface area contributed by atoms with E-state index in [1.54, 1.807) is 11.6 Å². The van der Waals surface area contributed by atoms with E-state index >= 15 is 0 Å². The molecule has 96 valence electrons. The number of halogens is 3. The standard InChI is InChI=1S/C13H13F3N2/c1-18-10-7-9(13(14,15)16)3-2-8(10)6-11(18)12(17)4-5-12/h2-3,6-7H,4-5,17H2,1H3. The molecule has 0 bridgehead atoms. The van der Waals surface area contributed by atoms with Crippen molar-refractivity contribution in [2.24, 2.45) is 12.8 Å². The summed E-state index contributed by atoms with van der Waals surface area (Å²) in [5, 5.41) is 0.803. The first-order valence-corrected chi connectivity index (χ1v) is 5.77. The smallest absolute Gasteiger partial charge is 0.346 e. The van der Waals surface area contributed by atoms with Gasteiger partial charge < -0.3 is 10.3 Å². The number of rotatable bonds is 1. The van der Waals surface area contributed by atoms with E-state index in [-0.39, 0.29) is 5.54 Å². The van der Waals surface area contributed by atoms with Crippen LogP contribution in [0.4, 0.5) is 13.2 Å². The molecule has 1 aromatic carbocycles. The minimum absolute atomic E-state index is 0.341. The molecule has 1 aliphatic carbocycles. The zero-order valence-electron chi connectivity index (χ0n) is 9.88. The lowest BCUT2D eigenvalue weighted by molar-refractivity contribution is -0.137. The molecule has 0 unspecified atom stereocenters. The Morgan fingerprint density at radius 2 is 1.89 bits per heavy atom. The molecule has 5 heteroatoms. The maximum Gasteiger partial charge on any atom is 0.416 e. The predicted molar refractivity (Wildman–Crippen MR) is 63.0 cm³/mol. The van der Waals surface area contributed by atoms with Crippen molar-refractivity contribution in [2.45, 2.75) is 24.6 Å². The van der Waals surface area contributed by atoms with E-state index in [2.05, 4.69) is 0 Å². The molecule has 0 spiro atoms. The molecular weight excluding hydrogens is 241 g/mol. The summed E-state index contributed by atoms with van der Waals surface area (Å²) in [6.07, 6.45) is -2.52. The molecule has 3 rings (SSSR count). The zero-order chi connectivity index (χ0) is 13.1. The second kappa shape index (κ2) is 3.29. The summed E-state index contributed by atoms with van der Waals surface area (Å²) in [5.41, 5.74) is 6.65. The van der Waals surface area contributed by atoms with Gasteiger partial charge in [-0.15, -0.1) is 0 Å². The molecule has 2 nitrogen and oxygen atoms in total. The summed E-state index contributed by atoms with van der Waals surface area (Å²) in [4.78, 5) is 0. The van der Waals surface area contributed by atoms with Gasteiger partial charge in [-0.05, 0) is 36.4 Å². The summed E-state index contributed by atoms with van der Waals surface area (Å²) in [7, 11) is 1.77. The number of fused-ring (bicyclic) bond motifs is 1. The maximum absolute atomic E-state index is 12.7. The Hall–Kier alpha value is -1.49. The summed E-state index contributed by atoms with van der Waals surface area (Å²) in [6, 6.07) is 5.70. The quantitative estimate of drug-likeness (QED) is 0.832. The van der Waals surface area contributed by atoms with Gasteiger partial charge in [0, 0.05) is 18.3 Å². The normalized spacial score (nSPS) is 18.3. The molecule has 0 radical (unpaired) electrons. The van der Waals surface area contributed by atoms with Gasteiger partial charge in [0.2, 0.25) is 0 Å². The SMILES string of the molecule is Cn1c(C2(N)CC2)cc2ccc(C(F)(F)F)cc21. The Kier molecular flexibility index (Phi) is 2.12. The molecule has 1 aliphatic rings. The first kappa shape index (κ1) is 11.6. The molecule has 1 fully saturated rings. The van der Waals surface area contributed by atoms with E-state index < -0.39 is 11.7 Å². The van der Waals surface area contributed by atoms with Crippen LogP contribution in [0.2, 0.25) is 0 Å². The van der Waals surface area contributed by atoms with Crippen molar-refractivity contribution in [1.29, 1.82) is 0 Å². The highest BCUT2D eigenvalue weighted by molar-refractivity contribution is 5.82. The van der Waals surface area contributed by atoms with Crippen molar-refractivity contribution >= 4 is 10.9 Å². The third-order valence-electron chi connectivity index (χ3n) is 3.67. The van der Waals surface area contributed by atoms with E-state index in [0.717, 1.165) is 30.0 Å². The Morgan fingerprint density at radius 3 is 2.44 bits per heavy atom. The van der Waals surface area contributed by atoms with E-state index in [4.69, 9.17) is 5.73 Å². The van der Waals surface area contributed by atoms with Crippen LogP contribution < -0.4 is 5.73 Å². The highest BCUT2D eigenvalue weighted by Crippen LogP contribution is 2.44. The summed E-state index contributed by atoms with van der Waals surface area (Å²) >= 11 is 0. The van der Waals surface area contributed by atoms with Crippen LogP contribution in [0.25, 0.3) is 10.9 Å². The number of alkyl halides is 3. The van der Waals surface area contributed by atoms with E-state index in [0.29, 0.717) is 5.52 Å².